The van der Waals surface area contributed by atoms with Crippen LogP contribution in [-0.2, 0) is 0 Å². The third-order valence-corrected chi connectivity index (χ3v) is 5.61. The number of halogens is 1. The zero-order chi connectivity index (χ0) is 12.5. The Kier molecular flexibility index (Phi) is 3.65. The first-order valence-corrected chi connectivity index (χ1v) is 8.05. The number of benzene rings is 1. The Balaban J connectivity index is 1.66. The first-order chi connectivity index (χ1) is 8.74. The molecule has 0 bridgehead atoms. The molecule has 1 N–H and O–H groups in total. The Bertz CT molecular complexity index is 425. The molecule has 0 saturated heterocycles. The van der Waals surface area contributed by atoms with Crippen molar-refractivity contribution in [2.45, 2.75) is 51.5 Å². The molecule has 1 aromatic carbocycles. The molecular weight excluding hydrogens is 286 g/mol. The molecule has 0 aromatic heterocycles. The lowest BCUT2D eigenvalue weighted by Crippen LogP contribution is -2.28. The summed E-state index contributed by atoms with van der Waals surface area (Å²) in [5, 5.41) is 3.76. The fraction of sp³-hybridized carbons (Fsp3) is 0.625. The minimum Gasteiger partial charge on any atom is -0.381 e. The third-order valence-electron chi connectivity index (χ3n) is 4.55. The van der Waals surface area contributed by atoms with E-state index in [0.717, 1.165) is 11.8 Å². The molecule has 0 radical (unpaired) electrons. The summed E-state index contributed by atoms with van der Waals surface area (Å²) in [6.45, 7) is 2.16. The molecule has 0 aliphatic heterocycles. The number of nitrogens with one attached hydrogen (secondary N) is 1. The second-order valence-electron chi connectivity index (χ2n) is 6.04. The van der Waals surface area contributed by atoms with Crippen molar-refractivity contribution in [1.29, 1.82) is 0 Å². The van der Waals surface area contributed by atoms with Gasteiger partial charge in [-0.25, -0.2) is 0 Å². The second kappa shape index (κ2) is 5.24. The first-order valence-electron chi connectivity index (χ1n) is 7.25. The fourth-order valence-corrected chi connectivity index (χ4v) is 3.71. The Hall–Kier alpha value is -0.500. The van der Waals surface area contributed by atoms with Crippen LogP contribution >= 0.6 is 15.9 Å². The molecule has 2 aliphatic carbocycles. The summed E-state index contributed by atoms with van der Waals surface area (Å²) in [5.74, 6) is 2.07. The van der Waals surface area contributed by atoms with E-state index in [0.29, 0.717) is 6.04 Å². The maximum Gasteiger partial charge on any atom is 0.0489 e. The van der Waals surface area contributed by atoms with Crippen LogP contribution in [0.1, 0.15) is 44.1 Å². The minimum absolute atomic E-state index is 0.683. The quantitative estimate of drug-likeness (QED) is 0.815. The van der Waals surface area contributed by atoms with Gasteiger partial charge in [-0.05, 0) is 72.0 Å². The van der Waals surface area contributed by atoms with E-state index in [1.165, 1.54) is 54.2 Å². The highest BCUT2D eigenvalue weighted by molar-refractivity contribution is 9.10. The standard InChI is InChI=1S/C16H22BrN/c1-11-4-2-7-15(16(11)17)18-14-6-3-5-13(10-14)12-8-9-12/h2,4,7,12-14,18H,3,5-6,8-10H2,1H3. The monoisotopic (exact) mass is 307 g/mol. The van der Waals surface area contributed by atoms with Crippen LogP contribution < -0.4 is 5.32 Å². The van der Waals surface area contributed by atoms with Gasteiger partial charge in [0.15, 0.2) is 0 Å². The normalized spacial score (nSPS) is 28.1. The highest BCUT2D eigenvalue weighted by Gasteiger charge is 2.34. The van der Waals surface area contributed by atoms with Crippen LogP contribution in [0, 0.1) is 18.8 Å². The number of rotatable bonds is 3. The third kappa shape index (κ3) is 2.74. The zero-order valence-corrected chi connectivity index (χ0v) is 12.7. The smallest absolute Gasteiger partial charge is 0.0489 e. The Morgan fingerprint density at radius 2 is 1.94 bits per heavy atom. The largest absolute Gasteiger partial charge is 0.381 e. The Morgan fingerprint density at radius 3 is 2.72 bits per heavy atom. The van der Waals surface area contributed by atoms with Crippen molar-refractivity contribution >= 4 is 21.6 Å². The first kappa shape index (κ1) is 12.5. The number of hydrogen-bond donors (Lipinski definition) is 1. The van der Waals surface area contributed by atoms with E-state index in [1.807, 2.05) is 0 Å². The van der Waals surface area contributed by atoms with E-state index in [2.05, 4.69) is 46.4 Å². The van der Waals surface area contributed by atoms with Crippen LogP contribution in [0.2, 0.25) is 0 Å². The lowest BCUT2D eigenvalue weighted by Gasteiger charge is -2.31. The van der Waals surface area contributed by atoms with Gasteiger partial charge in [-0.3, -0.25) is 0 Å². The summed E-state index contributed by atoms with van der Waals surface area (Å²) < 4.78 is 1.23. The fourth-order valence-electron chi connectivity index (χ4n) is 3.33. The summed E-state index contributed by atoms with van der Waals surface area (Å²) in [6.07, 6.45) is 8.58. The summed E-state index contributed by atoms with van der Waals surface area (Å²) in [6, 6.07) is 7.17. The van der Waals surface area contributed by atoms with Crippen molar-refractivity contribution in [3.63, 3.8) is 0 Å². The number of aryl methyl sites for hydroxylation is 1. The molecule has 0 heterocycles. The maximum atomic E-state index is 3.76. The molecule has 2 heteroatoms. The van der Waals surface area contributed by atoms with Crippen LogP contribution in [0.4, 0.5) is 5.69 Å². The van der Waals surface area contributed by atoms with Crippen molar-refractivity contribution < 1.29 is 0 Å². The molecule has 98 valence electrons. The van der Waals surface area contributed by atoms with Crippen molar-refractivity contribution in [1.82, 2.24) is 0 Å². The van der Waals surface area contributed by atoms with Crippen LogP contribution in [-0.4, -0.2) is 6.04 Å². The van der Waals surface area contributed by atoms with E-state index in [-0.39, 0.29) is 0 Å². The average Bonchev–Trinajstić information content (AvgIpc) is 3.20. The van der Waals surface area contributed by atoms with Gasteiger partial charge in [0.1, 0.15) is 0 Å². The maximum absolute atomic E-state index is 3.76. The average molecular weight is 308 g/mol. The topological polar surface area (TPSA) is 12.0 Å². The Labute approximate surface area is 118 Å². The molecule has 1 aromatic rings. The van der Waals surface area contributed by atoms with E-state index in [9.17, 15) is 0 Å². The molecule has 2 fully saturated rings. The van der Waals surface area contributed by atoms with Gasteiger partial charge in [0.25, 0.3) is 0 Å². The molecule has 2 atom stereocenters. The molecule has 2 saturated carbocycles. The minimum atomic E-state index is 0.683. The van der Waals surface area contributed by atoms with Gasteiger partial charge in [-0.15, -0.1) is 0 Å². The van der Waals surface area contributed by atoms with Crippen LogP contribution in [0.3, 0.4) is 0 Å². The van der Waals surface area contributed by atoms with E-state index in [1.54, 1.807) is 0 Å². The second-order valence-corrected chi connectivity index (χ2v) is 6.83. The summed E-state index contributed by atoms with van der Waals surface area (Å²) in [5.41, 5.74) is 2.59. The highest BCUT2D eigenvalue weighted by Crippen LogP contribution is 2.44. The van der Waals surface area contributed by atoms with Gasteiger partial charge in [0.2, 0.25) is 0 Å². The predicted octanol–water partition coefficient (Wildman–Crippen LogP) is 5.14. The number of anilines is 1. The van der Waals surface area contributed by atoms with Gasteiger partial charge >= 0.3 is 0 Å². The highest BCUT2D eigenvalue weighted by atomic mass is 79.9. The number of hydrogen-bond acceptors (Lipinski definition) is 1. The van der Waals surface area contributed by atoms with Crippen LogP contribution in [0.25, 0.3) is 0 Å². The lowest BCUT2D eigenvalue weighted by molar-refractivity contribution is 0.303. The van der Waals surface area contributed by atoms with Gasteiger partial charge in [0.05, 0.1) is 0 Å². The van der Waals surface area contributed by atoms with Gasteiger partial charge in [0, 0.05) is 16.2 Å². The molecule has 18 heavy (non-hydrogen) atoms. The van der Waals surface area contributed by atoms with E-state index < -0.39 is 0 Å². The van der Waals surface area contributed by atoms with Crippen molar-refractivity contribution in [3.8, 4) is 0 Å². The molecule has 3 rings (SSSR count). The van der Waals surface area contributed by atoms with Crippen LogP contribution in [0.5, 0.6) is 0 Å². The molecule has 2 unspecified atom stereocenters. The van der Waals surface area contributed by atoms with E-state index in [4.69, 9.17) is 0 Å². The Morgan fingerprint density at radius 1 is 1.11 bits per heavy atom. The van der Waals surface area contributed by atoms with Crippen molar-refractivity contribution in [2.24, 2.45) is 11.8 Å². The molecule has 0 amide bonds. The zero-order valence-electron chi connectivity index (χ0n) is 11.1. The van der Waals surface area contributed by atoms with Crippen LogP contribution in [0.15, 0.2) is 22.7 Å². The molecule has 2 aliphatic rings. The van der Waals surface area contributed by atoms with Gasteiger partial charge < -0.3 is 5.32 Å². The van der Waals surface area contributed by atoms with Gasteiger partial charge in [-0.1, -0.05) is 25.0 Å². The van der Waals surface area contributed by atoms with Crippen molar-refractivity contribution in [2.75, 3.05) is 5.32 Å². The van der Waals surface area contributed by atoms with Gasteiger partial charge in [-0.2, -0.15) is 0 Å². The van der Waals surface area contributed by atoms with Crippen molar-refractivity contribution in [3.05, 3.63) is 28.2 Å². The molecular formula is C16H22BrN. The molecule has 0 spiro atoms. The SMILES string of the molecule is Cc1cccc(NC2CCCC(C3CC3)C2)c1Br. The summed E-state index contributed by atoms with van der Waals surface area (Å²) in [7, 11) is 0. The lowest BCUT2D eigenvalue weighted by atomic mass is 9.82. The predicted molar refractivity (Wildman–Crippen MR) is 81.0 cm³/mol. The summed E-state index contributed by atoms with van der Waals surface area (Å²) >= 11 is 3.70. The molecule has 1 nitrogen and oxygen atoms in total. The summed E-state index contributed by atoms with van der Waals surface area (Å²) in [4.78, 5) is 0. The van der Waals surface area contributed by atoms with E-state index >= 15 is 0 Å².